The highest BCUT2D eigenvalue weighted by Crippen LogP contribution is 2.36. The predicted molar refractivity (Wildman–Crippen MR) is 126 cm³/mol. The van der Waals surface area contributed by atoms with Gasteiger partial charge in [-0.15, -0.1) is 0 Å². The van der Waals surface area contributed by atoms with Gasteiger partial charge < -0.3 is 54.3 Å². The Morgan fingerprint density at radius 3 is 2.45 bits per heavy atom. The molecule has 38 heavy (non-hydrogen) atoms. The van der Waals surface area contributed by atoms with Crippen molar-refractivity contribution in [1.29, 1.82) is 0 Å². The molecule has 2 aliphatic heterocycles. The zero-order valence-electron chi connectivity index (χ0n) is 20.8. The van der Waals surface area contributed by atoms with E-state index in [0.29, 0.717) is 11.1 Å². The molecule has 1 aromatic carbocycles. The highest BCUT2D eigenvalue weighted by atomic mass is 16.8. The second kappa shape index (κ2) is 13.0. The fourth-order valence-electron chi connectivity index (χ4n) is 4.16. The molecule has 1 fully saturated rings. The van der Waals surface area contributed by atoms with Gasteiger partial charge in [-0.2, -0.15) is 0 Å². The number of methoxy groups -OCH3 is 1. The van der Waals surface area contributed by atoms with Crippen molar-refractivity contribution < 1.29 is 63.9 Å². The molecule has 0 radical (unpaired) electrons. The molecule has 0 spiro atoms. The number of hydrogen-bond acceptors (Lipinski definition) is 13. The van der Waals surface area contributed by atoms with E-state index in [0.717, 1.165) is 13.4 Å². The van der Waals surface area contributed by atoms with E-state index < -0.39 is 61.5 Å². The number of esters is 2. The van der Waals surface area contributed by atoms with E-state index in [-0.39, 0.29) is 36.5 Å². The minimum Gasteiger partial charge on any atom is -0.504 e. The summed E-state index contributed by atoms with van der Waals surface area (Å²) in [6.45, 7) is 0.912. The molecule has 0 bridgehead atoms. The number of aliphatic hydroxyl groups is 4. The molecule has 0 amide bonds. The summed E-state index contributed by atoms with van der Waals surface area (Å²) in [6, 6.07) is 4.23. The number of carbonyl (C=O) groups is 2. The standard InChI is InChI=1S/C25H32O13/c1-3-13-14(9-19(29)35-7-6-12-4-5-16(27)17(28)8-12)15(23(33)34-2)11-36-24(13)38-25-22(32)21(31)20(30)18(10-26)37-25/h3-5,8,11,14,18,20-22,24-28,30-32H,6-7,9-10H2,1-2H3/b13-3+/t14?,18?,20-,21?,22+,24?,25+/m1/s1. The Hall–Kier alpha value is -3.20. The largest absolute Gasteiger partial charge is 0.504 e. The molecule has 2 heterocycles. The lowest BCUT2D eigenvalue weighted by Crippen LogP contribution is -2.60. The van der Waals surface area contributed by atoms with E-state index in [2.05, 4.69) is 0 Å². The molecule has 3 rings (SSSR count). The van der Waals surface area contributed by atoms with Crippen LogP contribution in [0.1, 0.15) is 18.9 Å². The highest BCUT2D eigenvalue weighted by molar-refractivity contribution is 5.90. The Kier molecular flexibility index (Phi) is 10.1. The number of phenolic OH excluding ortho intramolecular Hbond substituents is 2. The Morgan fingerprint density at radius 1 is 1.08 bits per heavy atom. The SMILES string of the molecule is C/C=C1/C(O[C@@H]2OC(CO)[C@@H](O)C(O)[C@@H]2O)OC=C(C(=O)OC)C1CC(=O)OCCc1ccc(O)c(O)c1. The lowest BCUT2D eigenvalue weighted by atomic mass is 9.86. The summed E-state index contributed by atoms with van der Waals surface area (Å²) in [7, 11) is 1.16. The lowest BCUT2D eigenvalue weighted by molar-refractivity contribution is -0.327. The number of benzene rings is 1. The molecule has 1 saturated heterocycles. The van der Waals surface area contributed by atoms with Crippen LogP contribution in [0.25, 0.3) is 0 Å². The first kappa shape index (κ1) is 29.4. The van der Waals surface area contributed by atoms with Crippen LogP contribution >= 0.6 is 0 Å². The van der Waals surface area contributed by atoms with Crippen LogP contribution in [0, 0.1) is 5.92 Å². The number of phenols is 2. The maximum Gasteiger partial charge on any atom is 0.337 e. The Bertz CT molecular complexity index is 1050. The van der Waals surface area contributed by atoms with Crippen LogP contribution in [0.5, 0.6) is 11.5 Å². The van der Waals surface area contributed by atoms with E-state index in [9.17, 15) is 40.2 Å². The van der Waals surface area contributed by atoms with E-state index in [1.54, 1.807) is 19.1 Å². The maximum absolute atomic E-state index is 12.7. The van der Waals surface area contributed by atoms with Crippen molar-refractivity contribution in [3.63, 3.8) is 0 Å². The molecule has 210 valence electrons. The van der Waals surface area contributed by atoms with Gasteiger partial charge in [0.05, 0.1) is 38.6 Å². The predicted octanol–water partition coefficient (Wildman–Crippen LogP) is -0.634. The van der Waals surface area contributed by atoms with Gasteiger partial charge in [-0.25, -0.2) is 4.79 Å². The smallest absolute Gasteiger partial charge is 0.337 e. The molecule has 0 aliphatic carbocycles. The third-order valence-corrected chi connectivity index (χ3v) is 6.29. The van der Waals surface area contributed by atoms with Gasteiger partial charge in [-0.3, -0.25) is 4.79 Å². The quantitative estimate of drug-likeness (QED) is 0.131. The zero-order chi connectivity index (χ0) is 28.0. The normalized spacial score (nSPS) is 30.3. The molecule has 1 aromatic rings. The van der Waals surface area contributed by atoms with Crippen molar-refractivity contribution in [2.45, 2.75) is 56.8 Å². The van der Waals surface area contributed by atoms with Crippen molar-refractivity contribution in [2.75, 3.05) is 20.3 Å². The topological polar surface area (TPSA) is 202 Å². The fraction of sp³-hybridized carbons (Fsp3) is 0.520. The number of allylic oxidation sites excluding steroid dienone is 1. The molecule has 4 unspecified atom stereocenters. The van der Waals surface area contributed by atoms with Gasteiger partial charge in [0.2, 0.25) is 6.29 Å². The van der Waals surface area contributed by atoms with Crippen LogP contribution in [0.2, 0.25) is 0 Å². The molecule has 2 aliphatic rings. The molecule has 0 aromatic heterocycles. The molecule has 13 heteroatoms. The summed E-state index contributed by atoms with van der Waals surface area (Å²) in [4.78, 5) is 25.1. The van der Waals surface area contributed by atoms with Crippen LogP contribution in [-0.2, 0) is 39.7 Å². The first-order valence-corrected chi connectivity index (χ1v) is 11.8. The number of ether oxygens (including phenoxy) is 5. The van der Waals surface area contributed by atoms with Crippen LogP contribution in [0.4, 0.5) is 0 Å². The van der Waals surface area contributed by atoms with E-state index in [1.165, 1.54) is 12.1 Å². The number of hydrogen-bond donors (Lipinski definition) is 6. The second-order valence-electron chi connectivity index (χ2n) is 8.71. The summed E-state index contributed by atoms with van der Waals surface area (Å²) in [5.74, 6) is -2.89. The van der Waals surface area contributed by atoms with Gasteiger partial charge in [0.1, 0.15) is 24.4 Å². The van der Waals surface area contributed by atoms with Crippen molar-refractivity contribution in [1.82, 2.24) is 0 Å². The fourth-order valence-corrected chi connectivity index (χ4v) is 4.16. The number of aromatic hydroxyl groups is 2. The third kappa shape index (κ3) is 6.62. The molecule has 0 saturated carbocycles. The molecular formula is C25H32O13. The second-order valence-corrected chi connectivity index (χ2v) is 8.71. The summed E-state index contributed by atoms with van der Waals surface area (Å²) in [6.07, 6.45) is -6.39. The lowest BCUT2D eigenvalue weighted by Gasteiger charge is -2.41. The van der Waals surface area contributed by atoms with Gasteiger partial charge in [0.15, 0.2) is 17.8 Å². The van der Waals surface area contributed by atoms with Gasteiger partial charge in [0.25, 0.3) is 0 Å². The highest BCUT2D eigenvalue weighted by Gasteiger charge is 2.46. The first-order chi connectivity index (χ1) is 18.1. The number of carbonyl (C=O) groups excluding carboxylic acids is 2. The van der Waals surface area contributed by atoms with Crippen molar-refractivity contribution in [3.8, 4) is 11.5 Å². The van der Waals surface area contributed by atoms with Crippen molar-refractivity contribution in [2.24, 2.45) is 5.92 Å². The third-order valence-electron chi connectivity index (χ3n) is 6.29. The summed E-state index contributed by atoms with van der Waals surface area (Å²) in [5.41, 5.74) is 0.927. The van der Waals surface area contributed by atoms with Crippen LogP contribution in [0.15, 0.2) is 41.7 Å². The summed E-state index contributed by atoms with van der Waals surface area (Å²) >= 11 is 0. The Balaban J connectivity index is 1.71. The molecule has 6 N–H and O–H groups in total. The molecular weight excluding hydrogens is 508 g/mol. The van der Waals surface area contributed by atoms with E-state index in [4.69, 9.17) is 23.7 Å². The first-order valence-electron chi connectivity index (χ1n) is 11.8. The van der Waals surface area contributed by atoms with Crippen molar-refractivity contribution in [3.05, 3.63) is 47.2 Å². The van der Waals surface area contributed by atoms with Crippen molar-refractivity contribution >= 4 is 11.9 Å². The van der Waals surface area contributed by atoms with Crippen LogP contribution in [0.3, 0.4) is 0 Å². The maximum atomic E-state index is 12.7. The van der Waals surface area contributed by atoms with Gasteiger partial charge in [0, 0.05) is 17.9 Å². The van der Waals surface area contributed by atoms with E-state index in [1.807, 2.05) is 0 Å². The monoisotopic (exact) mass is 540 g/mol. The van der Waals surface area contributed by atoms with Gasteiger partial charge in [-0.05, 0) is 24.6 Å². The molecule has 13 nitrogen and oxygen atoms in total. The van der Waals surface area contributed by atoms with Gasteiger partial charge in [-0.1, -0.05) is 12.1 Å². The Labute approximate surface area is 218 Å². The summed E-state index contributed by atoms with van der Waals surface area (Å²) < 4.78 is 26.7. The Morgan fingerprint density at radius 2 is 1.82 bits per heavy atom. The van der Waals surface area contributed by atoms with E-state index >= 15 is 0 Å². The van der Waals surface area contributed by atoms with Crippen LogP contribution < -0.4 is 0 Å². The average Bonchev–Trinajstić information content (AvgIpc) is 2.90. The number of rotatable bonds is 9. The average molecular weight is 541 g/mol. The summed E-state index contributed by atoms with van der Waals surface area (Å²) in [5, 5.41) is 58.8. The zero-order valence-corrected chi connectivity index (χ0v) is 20.8. The molecule has 7 atom stereocenters. The minimum atomic E-state index is -1.69. The minimum absolute atomic E-state index is 0.00894. The number of aliphatic hydroxyl groups excluding tert-OH is 4. The van der Waals surface area contributed by atoms with Crippen LogP contribution in [-0.4, -0.2) is 99.9 Å². The van der Waals surface area contributed by atoms with Gasteiger partial charge >= 0.3 is 11.9 Å².